The molecule has 0 fully saturated rings. The van der Waals surface area contributed by atoms with Gasteiger partial charge < -0.3 is 9.47 Å². The molecule has 0 amide bonds. The average molecular weight is 442 g/mol. The Balaban J connectivity index is 1.58. The summed E-state index contributed by atoms with van der Waals surface area (Å²) in [4.78, 5) is 4.64. The molecule has 0 radical (unpaired) electrons. The molecule has 0 aliphatic rings. The molecular weight excluding hydrogens is 422 g/mol. The van der Waals surface area contributed by atoms with Gasteiger partial charge in [0.25, 0.3) is 0 Å². The minimum atomic E-state index is -0.136. The quantitative estimate of drug-likeness (QED) is 0.192. The maximum absolute atomic E-state index is 8.24. The molecule has 32 heavy (non-hydrogen) atoms. The molecule has 158 valence electrons. The van der Waals surface area contributed by atoms with Crippen LogP contribution in [0, 0.1) is 10.8 Å². The van der Waals surface area contributed by atoms with Gasteiger partial charge in [-0.15, -0.1) is 0 Å². The largest absolute Gasteiger partial charge is 0.487 e. The Bertz CT molecular complexity index is 1300. The van der Waals surface area contributed by atoms with Crippen LogP contribution in [0.5, 0.6) is 5.75 Å². The molecule has 5 nitrogen and oxygen atoms in total. The highest BCUT2D eigenvalue weighted by atomic mass is 35.5. The molecule has 0 saturated carbocycles. The lowest BCUT2D eigenvalue weighted by Gasteiger charge is -2.11. The van der Waals surface area contributed by atoms with E-state index in [4.69, 9.17) is 31.9 Å². The van der Waals surface area contributed by atoms with Gasteiger partial charge in [-0.2, -0.15) is 0 Å². The second kappa shape index (κ2) is 9.90. The lowest BCUT2D eigenvalue weighted by atomic mass is 10.0. The van der Waals surface area contributed by atoms with Gasteiger partial charge in [0.05, 0.1) is 11.2 Å². The molecule has 0 spiro atoms. The van der Waals surface area contributed by atoms with Gasteiger partial charge in [0.2, 0.25) is 5.90 Å². The fourth-order valence-corrected chi connectivity index (χ4v) is 3.35. The van der Waals surface area contributed by atoms with Crippen LogP contribution in [-0.4, -0.2) is 17.3 Å². The van der Waals surface area contributed by atoms with E-state index in [0.717, 1.165) is 34.1 Å². The first kappa shape index (κ1) is 21.3. The molecule has 0 aliphatic carbocycles. The Morgan fingerprint density at radius 3 is 2.56 bits per heavy atom. The summed E-state index contributed by atoms with van der Waals surface area (Å²) in [5.41, 5.74) is 3.86. The Hall–Kier alpha value is -3.96. The molecule has 0 atom stereocenters. The number of rotatable bonds is 7. The second-order valence-corrected chi connectivity index (χ2v) is 7.42. The molecule has 2 N–H and O–H groups in total. The van der Waals surface area contributed by atoms with E-state index >= 15 is 0 Å². The van der Waals surface area contributed by atoms with Crippen LogP contribution >= 0.6 is 11.6 Å². The summed E-state index contributed by atoms with van der Waals surface area (Å²) >= 11 is 5.98. The zero-order valence-electron chi connectivity index (χ0n) is 17.1. The van der Waals surface area contributed by atoms with Crippen molar-refractivity contribution in [2.75, 3.05) is 0 Å². The number of hydrogen-bond donors (Lipinski definition) is 2. The van der Waals surface area contributed by atoms with E-state index in [0.29, 0.717) is 23.0 Å². The Labute approximate surface area is 190 Å². The fourth-order valence-electron chi connectivity index (χ4n) is 3.23. The number of nitrogens with zero attached hydrogens (tertiary/aromatic N) is 1. The number of aromatic nitrogens is 1. The molecule has 0 saturated heterocycles. The average Bonchev–Trinajstić information content (AvgIpc) is 2.82. The summed E-state index contributed by atoms with van der Waals surface area (Å²) in [6.45, 7) is 0.318. The number of para-hydroxylation sites is 1. The third kappa shape index (κ3) is 5.20. The SMILES string of the molecule is N=COC(=N)C(=Cc1ccc(Cl)cc1)c1cccc(OCc2ccc3ccccc3n2)c1. The van der Waals surface area contributed by atoms with E-state index in [-0.39, 0.29) is 5.90 Å². The van der Waals surface area contributed by atoms with Crippen molar-refractivity contribution in [2.24, 2.45) is 0 Å². The van der Waals surface area contributed by atoms with Crippen LogP contribution in [0.25, 0.3) is 22.6 Å². The van der Waals surface area contributed by atoms with Gasteiger partial charge in [-0.3, -0.25) is 10.8 Å². The number of fused-ring (bicyclic) bond motifs is 1. The fraction of sp³-hybridized carbons (Fsp3) is 0.0385. The van der Waals surface area contributed by atoms with Gasteiger partial charge in [0.1, 0.15) is 12.4 Å². The molecule has 6 heteroatoms. The first-order chi connectivity index (χ1) is 15.6. The standard InChI is InChI=1S/C26H20ClN3O2/c27-21-11-8-18(9-12-21)14-24(26(29)32-17-28)20-5-3-6-23(15-20)31-16-22-13-10-19-4-1-2-7-25(19)30-22/h1-15,17,28-29H,16H2. The lowest BCUT2D eigenvalue weighted by molar-refractivity contribution is 0.302. The van der Waals surface area contributed by atoms with E-state index in [1.54, 1.807) is 12.1 Å². The van der Waals surface area contributed by atoms with E-state index in [9.17, 15) is 0 Å². The summed E-state index contributed by atoms with van der Waals surface area (Å²) in [5.74, 6) is 0.505. The van der Waals surface area contributed by atoms with E-state index in [1.165, 1.54) is 0 Å². The number of halogens is 1. The third-order valence-corrected chi connectivity index (χ3v) is 5.04. The van der Waals surface area contributed by atoms with Gasteiger partial charge in [-0.05, 0) is 53.6 Å². The van der Waals surface area contributed by atoms with Gasteiger partial charge in [0, 0.05) is 16.0 Å². The zero-order valence-corrected chi connectivity index (χ0v) is 17.8. The minimum absolute atomic E-state index is 0.136. The van der Waals surface area contributed by atoms with Crippen molar-refractivity contribution in [3.8, 4) is 5.75 Å². The normalized spacial score (nSPS) is 11.2. The van der Waals surface area contributed by atoms with Crippen LogP contribution in [-0.2, 0) is 11.3 Å². The van der Waals surface area contributed by atoms with Crippen LogP contribution in [0.4, 0.5) is 0 Å². The highest BCUT2D eigenvalue weighted by Gasteiger charge is 2.11. The summed E-state index contributed by atoms with van der Waals surface area (Å²) in [6, 6.07) is 26.6. The second-order valence-electron chi connectivity index (χ2n) is 6.99. The predicted molar refractivity (Wildman–Crippen MR) is 129 cm³/mol. The summed E-state index contributed by atoms with van der Waals surface area (Å²) in [5, 5.41) is 17.1. The van der Waals surface area contributed by atoms with Crippen LogP contribution < -0.4 is 4.74 Å². The van der Waals surface area contributed by atoms with Crippen LogP contribution in [0.3, 0.4) is 0 Å². The van der Waals surface area contributed by atoms with Crippen molar-refractivity contribution in [3.63, 3.8) is 0 Å². The Kier molecular flexibility index (Phi) is 6.58. The maximum atomic E-state index is 8.24. The number of hydrogen-bond acceptors (Lipinski definition) is 5. The molecule has 3 aromatic carbocycles. The topological polar surface area (TPSA) is 79.0 Å². The van der Waals surface area contributed by atoms with Gasteiger partial charge in [-0.25, -0.2) is 4.98 Å². The Morgan fingerprint density at radius 1 is 0.938 bits per heavy atom. The van der Waals surface area contributed by atoms with Crippen molar-refractivity contribution in [1.29, 1.82) is 10.8 Å². The smallest absolute Gasteiger partial charge is 0.221 e. The van der Waals surface area contributed by atoms with Crippen LogP contribution in [0.1, 0.15) is 16.8 Å². The number of pyridine rings is 1. The highest BCUT2D eigenvalue weighted by molar-refractivity contribution is 6.30. The third-order valence-electron chi connectivity index (χ3n) is 4.79. The highest BCUT2D eigenvalue weighted by Crippen LogP contribution is 2.25. The van der Waals surface area contributed by atoms with Gasteiger partial charge in [0.15, 0.2) is 6.40 Å². The maximum Gasteiger partial charge on any atom is 0.221 e. The molecule has 4 rings (SSSR count). The molecule has 0 unspecified atom stereocenters. The van der Waals surface area contributed by atoms with Crippen molar-refractivity contribution >= 4 is 46.5 Å². The minimum Gasteiger partial charge on any atom is -0.487 e. The van der Waals surface area contributed by atoms with Crippen molar-refractivity contribution < 1.29 is 9.47 Å². The van der Waals surface area contributed by atoms with E-state index in [1.807, 2.05) is 78.9 Å². The summed E-state index contributed by atoms with van der Waals surface area (Å²) < 4.78 is 11.0. The molecular formula is C26H20ClN3O2. The first-order valence-electron chi connectivity index (χ1n) is 9.92. The number of nitrogens with one attached hydrogen (secondary N) is 2. The molecule has 0 aliphatic heterocycles. The van der Waals surface area contributed by atoms with Gasteiger partial charge in [-0.1, -0.05) is 60.1 Å². The monoisotopic (exact) mass is 441 g/mol. The Morgan fingerprint density at radius 2 is 1.75 bits per heavy atom. The zero-order chi connectivity index (χ0) is 22.3. The van der Waals surface area contributed by atoms with Crippen molar-refractivity contribution in [2.45, 2.75) is 6.61 Å². The van der Waals surface area contributed by atoms with Crippen LogP contribution in [0.2, 0.25) is 5.02 Å². The molecule has 1 heterocycles. The number of benzene rings is 3. The molecule has 0 bridgehead atoms. The number of ether oxygens (including phenoxy) is 2. The lowest BCUT2D eigenvalue weighted by Crippen LogP contribution is -2.05. The predicted octanol–water partition coefficient (Wildman–Crippen LogP) is 6.61. The first-order valence-corrected chi connectivity index (χ1v) is 10.3. The van der Waals surface area contributed by atoms with Crippen molar-refractivity contribution in [1.82, 2.24) is 4.98 Å². The summed E-state index contributed by atoms with van der Waals surface area (Å²) in [6.07, 6.45) is 2.55. The summed E-state index contributed by atoms with van der Waals surface area (Å²) in [7, 11) is 0. The van der Waals surface area contributed by atoms with E-state index < -0.39 is 0 Å². The molecule has 1 aromatic heterocycles. The van der Waals surface area contributed by atoms with Crippen LogP contribution in [0.15, 0.2) is 84.9 Å². The van der Waals surface area contributed by atoms with Gasteiger partial charge >= 0.3 is 0 Å². The van der Waals surface area contributed by atoms with Crippen molar-refractivity contribution in [3.05, 3.63) is 107 Å². The molecule has 4 aromatic rings. The van der Waals surface area contributed by atoms with E-state index in [2.05, 4.69) is 4.98 Å².